The number of nitrogens with one attached hydrogen (secondary N) is 1. The van der Waals surface area contributed by atoms with Crippen molar-refractivity contribution in [2.45, 2.75) is 25.3 Å². The van der Waals surface area contributed by atoms with Crippen LogP contribution in [0.2, 0.25) is 0 Å². The van der Waals surface area contributed by atoms with Crippen molar-refractivity contribution >= 4 is 5.91 Å². The molecule has 0 saturated carbocycles. The minimum absolute atomic E-state index is 0.00705. The van der Waals surface area contributed by atoms with Crippen molar-refractivity contribution in [2.24, 2.45) is 0 Å². The Hall–Kier alpha value is -1.09. The number of morpholine rings is 1. The molecule has 19 heavy (non-hydrogen) atoms. The maximum Gasteiger partial charge on any atom is 0.295 e. The molecule has 2 rings (SSSR count). The predicted octanol–water partition coefficient (Wildman–Crippen LogP) is 0.00730. The zero-order valence-electron chi connectivity index (χ0n) is 11.5. The molecule has 2 heterocycles. The molecule has 0 bridgehead atoms. The van der Waals surface area contributed by atoms with Crippen LogP contribution in [-0.4, -0.2) is 62.4 Å². The molecule has 5 heteroatoms. The number of hydrogen-bond donors (Lipinski definition) is 1. The third kappa shape index (κ3) is 3.69. The highest BCUT2D eigenvalue weighted by Gasteiger charge is 2.39. The number of carbonyl (C=O) groups is 1. The highest BCUT2D eigenvalue weighted by Crippen LogP contribution is 2.28. The highest BCUT2D eigenvalue weighted by molar-refractivity contribution is 5.93. The molecule has 0 aromatic carbocycles. The third-order valence-electron chi connectivity index (χ3n) is 3.92. The Morgan fingerprint density at radius 2 is 1.84 bits per heavy atom. The second-order valence-corrected chi connectivity index (χ2v) is 4.99. The molecule has 0 atom stereocenters. The first-order chi connectivity index (χ1) is 9.27. The summed E-state index contributed by atoms with van der Waals surface area (Å²) in [5, 5.41) is 2.94. The van der Waals surface area contributed by atoms with Crippen LogP contribution >= 0.6 is 0 Å². The zero-order chi connectivity index (χ0) is 13.6. The lowest BCUT2D eigenvalue weighted by molar-refractivity contribution is -0.118. The van der Waals surface area contributed by atoms with E-state index in [0.29, 0.717) is 6.54 Å². The summed E-state index contributed by atoms with van der Waals surface area (Å²) in [5.74, 6) is 4.96. The predicted molar refractivity (Wildman–Crippen MR) is 71.6 cm³/mol. The first kappa shape index (κ1) is 14.3. The molecule has 0 aliphatic carbocycles. The number of hydrogen-bond acceptors (Lipinski definition) is 4. The lowest BCUT2D eigenvalue weighted by Gasteiger charge is -2.47. The van der Waals surface area contributed by atoms with Gasteiger partial charge in [-0.2, -0.15) is 0 Å². The molecular weight excluding hydrogens is 244 g/mol. The van der Waals surface area contributed by atoms with Gasteiger partial charge in [-0.25, -0.2) is 0 Å². The van der Waals surface area contributed by atoms with Crippen LogP contribution in [0.5, 0.6) is 0 Å². The van der Waals surface area contributed by atoms with E-state index in [9.17, 15) is 4.79 Å². The molecule has 2 aliphatic heterocycles. The number of carbonyl (C=O) groups excluding carboxylic acids is 1. The van der Waals surface area contributed by atoms with E-state index in [-0.39, 0.29) is 11.4 Å². The monoisotopic (exact) mass is 266 g/mol. The summed E-state index contributed by atoms with van der Waals surface area (Å²) < 4.78 is 10.9. The van der Waals surface area contributed by atoms with E-state index in [2.05, 4.69) is 22.1 Å². The molecule has 2 aliphatic rings. The van der Waals surface area contributed by atoms with Crippen LogP contribution in [0.3, 0.4) is 0 Å². The molecule has 0 spiro atoms. The highest BCUT2D eigenvalue weighted by atomic mass is 16.5. The Balaban J connectivity index is 2.00. The van der Waals surface area contributed by atoms with Gasteiger partial charge in [-0.1, -0.05) is 5.92 Å². The smallest absolute Gasteiger partial charge is 0.295 e. The topological polar surface area (TPSA) is 50.8 Å². The fraction of sp³-hybridized carbons (Fsp3) is 0.786. The Morgan fingerprint density at radius 3 is 2.47 bits per heavy atom. The summed E-state index contributed by atoms with van der Waals surface area (Å²) in [4.78, 5) is 14.0. The van der Waals surface area contributed by atoms with Gasteiger partial charge in [0.2, 0.25) is 0 Å². The van der Waals surface area contributed by atoms with Crippen molar-refractivity contribution in [2.75, 3.05) is 46.1 Å². The number of amides is 1. The van der Waals surface area contributed by atoms with Crippen LogP contribution in [-0.2, 0) is 14.3 Å². The fourth-order valence-corrected chi connectivity index (χ4v) is 2.80. The molecule has 0 aromatic rings. The number of rotatable bonds is 3. The van der Waals surface area contributed by atoms with E-state index < -0.39 is 0 Å². The standard InChI is InChI=1S/C14H22N2O3/c1-2-3-13(17)15-12-14(4-8-18-9-5-14)16-6-10-19-11-7-16/h4-12H2,1H3,(H,15,17). The summed E-state index contributed by atoms with van der Waals surface area (Å²) in [6.45, 7) is 7.22. The summed E-state index contributed by atoms with van der Waals surface area (Å²) >= 11 is 0. The molecule has 0 unspecified atom stereocenters. The fourth-order valence-electron chi connectivity index (χ4n) is 2.80. The molecule has 0 aromatic heterocycles. The second-order valence-electron chi connectivity index (χ2n) is 4.99. The van der Waals surface area contributed by atoms with Gasteiger partial charge in [0.15, 0.2) is 0 Å². The van der Waals surface area contributed by atoms with Gasteiger partial charge in [0.25, 0.3) is 5.91 Å². The minimum atomic E-state index is -0.193. The minimum Gasteiger partial charge on any atom is -0.381 e. The van der Waals surface area contributed by atoms with Gasteiger partial charge in [-0.3, -0.25) is 9.69 Å². The van der Waals surface area contributed by atoms with E-state index in [1.54, 1.807) is 6.92 Å². The molecule has 2 fully saturated rings. The first-order valence-electron chi connectivity index (χ1n) is 6.88. The number of ether oxygens (including phenoxy) is 2. The molecule has 0 radical (unpaired) electrons. The van der Waals surface area contributed by atoms with Gasteiger partial charge < -0.3 is 14.8 Å². The lowest BCUT2D eigenvalue weighted by Crippen LogP contribution is -2.61. The molecule has 5 nitrogen and oxygen atoms in total. The molecule has 106 valence electrons. The van der Waals surface area contributed by atoms with E-state index in [4.69, 9.17) is 9.47 Å². The Morgan fingerprint density at radius 1 is 1.21 bits per heavy atom. The van der Waals surface area contributed by atoms with Gasteiger partial charge in [0.05, 0.1) is 13.2 Å². The van der Waals surface area contributed by atoms with Gasteiger partial charge in [-0.15, -0.1) is 0 Å². The van der Waals surface area contributed by atoms with E-state index in [1.807, 2.05) is 0 Å². The normalized spacial score (nSPS) is 23.2. The second kappa shape index (κ2) is 6.90. The SMILES string of the molecule is CC#CC(=O)NCC1(N2CCOCC2)CCOCC1. The van der Waals surface area contributed by atoms with Crippen molar-refractivity contribution in [3.8, 4) is 11.8 Å². The van der Waals surface area contributed by atoms with Crippen LogP contribution in [0, 0.1) is 11.8 Å². The Bertz CT molecular complexity index is 361. The van der Waals surface area contributed by atoms with Gasteiger partial charge in [0.1, 0.15) is 0 Å². The van der Waals surface area contributed by atoms with Crippen molar-refractivity contribution in [1.82, 2.24) is 10.2 Å². The van der Waals surface area contributed by atoms with E-state index >= 15 is 0 Å². The van der Waals surface area contributed by atoms with Crippen molar-refractivity contribution in [3.05, 3.63) is 0 Å². The maximum atomic E-state index is 11.6. The van der Waals surface area contributed by atoms with Crippen LogP contribution in [0.15, 0.2) is 0 Å². The van der Waals surface area contributed by atoms with Crippen molar-refractivity contribution in [3.63, 3.8) is 0 Å². The third-order valence-corrected chi connectivity index (χ3v) is 3.92. The van der Waals surface area contributed by atoms with Crippen LogP contribution in [0.4, 0.5) is 0 Å². The summed E-state index contributed by atoms with van der Waals surface area (Å²) in [6.07, 6.45) is 1.90. The van der Waals surface area contributed by atoms with E-state index in [1.165, 1.54) is 0 Å². The van der Waals surface area contributed by atoms with Gasteiger partial charge >= 0.3 is 0 Å². The molecule has 2 saturated heterocycles. The van der Waals surface area contributed by atoms with Crippen molar-refractivity contribution in [1.29, 1.82) is 0 Å². The Kier molecular flexibility index (Phi) is 5.20. The first-order valence-corrected chi connectivity index (χ1v) is 6.88. The van der Waals surface area contributed by atoms with E-state index in [0.717, 1.165) is 52.4 Å². The molecule has 1 N–H and O–H groups in total. The largest absolute Gasteiger partial charge is 0.381 e. The van der Waals surface area contributed by atoms with Crippen LogP contribution in [0.1, 0.15) is 19.8 Å². The average molecular weight is 266 g/mol. The summed E-state index contributed by atoms with van der Waals surface area (Å²) in [5.41, 5.74) is 0.00705. The van der Waals surface area contributed by atoms with Crippen molar-refractivity contribution < 1.29 is 14.3 Å². The molecule has 1 amide bonds. The van der Waals surface area contributed by atoms with Crippen LogP contribution < -0.4 is 5.32 Å². The summed E-state index contributed by atoms with van der Waals surface area (Å²) in [6, 6.07) is 0. The quantitative estimate of drug-likeness (QED) is 0.731. The lowest BCUT2D eigenvalue weighted by atomic mass is 9.87. The maximum absolute atomic E-state index is 11.6. The zero-order valence-corrected chi connectivity index (χ0v) is 11.5. The van der Waals surface area contributed by atoms with Gasteiger partial charge in [0, 0.05) is 38.4 Å². The summed E-state index contributed by atoms with van der Waals surface area (Å²) in [7, 11) is 0. The number of nitrogens with zero attached hydrogens (tertiary/aromatic N) is 1. The Labute approximate surface area is 114 Å². The van der Waals surface area contributed by atoms with Crippen LogP contribution in [0.25, 0.3) is 0 Å². The van der Waals surface area contributed by atoms with Gasteiger partial charge in [-0.05, 0) is 25.7 Å². The molecular formula is C14H22N2O3. The average Bonchev–Trinajstić information content (AvgIpc) is 2.47.